The Kier molecular flexibility index (Phi) is 4.10. The van der Waals surface area contributed by atoms with Gasteiger partial charge in [-0.15, -0.1) is 0 Å². The molecule has 0 aliphatic heterocycles. The molecule has 0 bridgehead atoms. The minimum Gasteiger partial charge on any atom is -0.481 e. The van der Waals surface area contributed by atoms with Crippen LogP contribution in [0.15, 0.2) is 12.2 Å². The first-order valence-electron chi connectivity index (χ1n) is 5.50. The number of hydrogen-bond acceptors (Lipinski definition) is 3. The van der Waals surface area contributed by atoms with Crippen LogP contribution in [0.25, 0.3) is 0 Å². The molecule has 4 heteroatoms. The maximum atomic E-state index is 11.3. The molecule has 4 nitrogen and oxygen atoms in total. The number of carbonyl (C=O) groups is 2. The van der Waals surface area contributed by atoms with Crippen molar-refractivity contribution in [1.82, 2.24) is 0 Å². The number of carboxylic acids is 1. The van der Waals surface area contributed by atoms with Crippen LogP contribution < -0.4 is 0 Å². The normalized spacial score (nSPS) is 20.5. The molecule has 0 aromatic heterocycles. The molecule has 0 aromatic carbocycles. The molecule has 0 fully saturated rings. The Morgan fingerprint density at radius 3 is 2.62 bits per heavy atom. The van der Waals surface area contributed by atoms with E-state index < -0.39 is 24.0 Å². The Morgan fingerprint density at radius 2 is 2.12 bits per heavy atom. The van der Waals surface area contributed by atoms with E-state index in [1.54, 1.807) is 0 Å². The minimum absolute atomic E-state index is 0.273. The molecule has 1 aliphatic rings. The van der Waals surface area contributed by atoms with Gasteiger partial charge in [0.25, 0.3) is 0 Å². The third-order valence-corrected chi connectivity index (χ3v) is 2.92. The molecule has 90 valence electrons. The van der Waals surface area contributed by atoms with Crippen molar-refractivity contribution < 1.29 is 19.4 Å². The molecule has 0 saturated heterocycles. The zero-order valence-corrected chi connectivity index (χ0v) is 9.73. The van der Waals surface area contributed by atoms with Crippen molar-refractivity contribution in [3.63, 3.8) is 0 Å². The van der Waals surface area contributed by atoms with Gasteiger partial charge in [0, 0.05) is 5.92 Å². The van der Waals surface area contributed by atoms with Crippen molar-refractivity contribution in [2.24, 2.45) is 5.92 Å². The average Bonchev–Trinajstić information content (AvgIpc) is 2.16. The second-order valence-corrected chi connectivity index (χ2v) is 4.63. The second-order valence-electron chi connectivity index (χ2n) is 4.63. The van der Waals surface area contributed by atoms with Crippen LogP contribution in [0.2, 0.25) is 0 Å². The van der Waals surface area contributed by atoms with Crippen molar-refractivity contribution in [3.05, 3.63) is 12.2 Å². The van der Waals surface area contributed by atoms with Gasteiger partial charge in [0.2, 0.25) is 0 Å². The lowest BCUT2D eigenvalue weighted by molar-refractivity contribution is -0.165. The Morgan fingerprint density at radius 1 is 1.44 bits per heavy atom. The molecule has 0 radical (unpaired) electrons. The third-order valence-electron chi connectivity index (χ3n) is 2.92. The van der Waals surface area contributed by atoms with Crippen LogP contribution in [-0.2, 0) is 14.3 Å². The van der Waals surface area contributed by atoms with Gasteiger partial charge in [-0.1, -0.05) is 12.2 Å². The SMILES string of the molecule is CC(C)(OC(=O)CC(=O)O)C1CC=CCC1. The highest BCUT2D eigenvalue weighted by atomic mass is 16.6. The highest BCUT2D eigenvalue weighted by molar-refractivity contribution is 5.90. The van der Waals surface area contributed by atoms with E-state index in [0.29, 0.717) is 0 Å². The fraction of sp³-hybridized carbons (Fsp3) is 0.667. The highest BCUT2D eigenvalue weighted by Crippen LogP contribution is 2.32. The van der Waals surface area contributed by atoms with Gasteiger partial charge in [0.1, 0.15) is 12.0 Å². The van der Waals surface area contributed by atoms with Gasteiger partial charge in [-0.25, -0.2) is 0 Å². The lowest BCUT2D eigenvalue weighted by Gasteiger charge is -2.34. The number of carboxylic acid groups (broad SMARTS) is 1. The van der Waals surface area contributed by atoms with Crippen molar-refractivity contribution in [2.45, 2.75) is 45.1 Å². The lowest BCUT2D eigenvalue weighted by Crippen LogP contribution is -2.37. The summed E-state index contributed by atoms with van der Waals surface area (Å²) >= 11 is 0. The van der Waals surface area contributed by atoms with Gasteiger partial charge in [0.05, 0.1) is 0 Å². The van der Waals surface area contributed by atoms with Gasteiger partial charge < -0.3 is 9.84 Å². The molecule has 0 heterocycles. The molecule has 16 heavy (non-hydrogen) atoms. The summed E-state index contributed by atoms with van der Waals surface area (Å²) in [6.07, 6.45) is 6.49. The predicted octanol–water partition coefficient (Wildman–Crippen LogP) is 2.14. The molecule has 1 atom stereocenters. The van der Waals surface area contributed by atoms with Crippen molar-refractivity contribution >= 4 is 11.9 Å². The Bertz CT molecular complexity index is 304. The van der Waals surface area contributed by atoms with Crippen LogP contribution in [0.3, 0.4) is 0 Å². The summed E-state index contributed by atoms with van der Waals surface area (Å²) in [5, 5.41) is 8.48. The summed E-state index contributed by atoms with van der Waals surface area (Å²) in [4.78, 5) is 21.7. The molecule has 1 N–H and O–H groups in total. The largest absolute Gasteiger partial charge is 0.481 e. The number of esters is 1. The Balaban J connectivity index is 2.52. The molecular formula is C12H18O4. The number of aliphatic carboxylic acids is 1. The maximum absolute atomic E-state index is 11.3. The fourth-order valence-corrected chi connectivity index (χ4v) is 1.96. The molecule has 1 aliphatic carbocycles. The number of hydrogen-bond donors (Lipinski definition) is 1. The standard InChI is InChI=1S/C12H18O4/c1-12(2,9-6-4-3-5-7-9)16-11(15)8-10(13)14/h3-4,9H,5-8H2,1-2H3,(H,13,14). The minimum atomic E-state index is -1.15. The van der Waals surface area contributed by atoms with Crippen molar-refractivity contribution in [2.75, 3.05) is 0 Å². The molecular weight excluding hydrogens is 208 g/mol. The van der Waals surface area contributed by atoms with Crippen LogP contribution in [-0.4, -0.2) is 22.6 Å². The molecule has 1 unspecified atom stereocenters. The van der Waals surface area contributed by atoms with Crippen LogP contribution in [0.4, 0.5) is 0 Å². The number of allylic oxidation sites excluding steroid dienone is 2. The van der Waals surface area contributed by atoms with E-state index in [9.17, 15) is 9.59 Å². The van der Waals surface area contributed by atoms with E-state index in [4.69, 9.17) is 9.84 Å². The molecule has 0 amide bonds. The van der Waals surface area contributed by atoms with Crippen LogP contribution in [0.5, 0.6) is 0 Å². The van der Waals surface area contributed by atoms with Crippen LogP contribution in [0.1, 0.15) is 39.5 Å². The fourth-order valence-electron chi connectivity index (χ4n) is 1.96. The Hall–Kier alpha value is -1.32. The highest BCUT2D eigenvalue weighted by Gasteiger charge is 2.33. The maximum Gasteiger partial charge on any atom is 0.317 e. The monoisotopic (exact) mass is 226 g/mol. The van der Waals surface area contributed by atoms with E-state index in [2.05, 4.69) is 12.2 Å². The average molecular weight is 226 g/mol. The molecule has 0 spiro atoms. The van der Waals surface area contributed by atoms with Crippen LogP contribution >= 0.6 is 0 Å². The summed E-state index contributed by atoms with van der Waals surface area (Å²) in [6, 6.07) is 0. The third kappa shape index (κ3) is 3.68. The quantitative estimate of drug-likeness (QED) is 0.453. The van der Waals surface area contributed by atoms with Gasteiger partial charge in [-0.3, -0.25) is 9.59 Å². The Labute approximate surface area is 95.3 Å². The smallest absolute Gasteiger partial charge is 0.317 e. The van der Waals surface area contributed by atoms with E-state index in [1.807, 2.05) is 13.8 Å². The van der Waals surface area contributed by atoms with Gasteiger partial charge >= 0.3 is 11.9 Å². The molecule has 1 rings (SSSR count). The second kappa shape index (κ2) is 5.14. The van der Waals surface area contributed by atoms with Crippen molar-refractivity contribution in [3.8, 4) is 0 Å². The van der Waals surface area contributed by atoms with Crippen molar-refractivity contribution in [1.29, 1.82) is 0 Å². The molecule has 0 saturated carbocycles. The zero-order valence-electron chi connectivity index (χ0n) is 9.73. The van der Waals surface area contributed by atoms with Gasteiger partial charge in [-0.05, 0) is 33.1 Å². The van der Waals surface area contributed by atoms with E-state index >= 15 is 0 Å². The van der Waals surface area contributed by atoms with E-state index in [-0.39, 0.29) is 5.92 Å². The van der Waals surface area contributed by atoms with Gasteiger partial charge in [-0.2, -0.15) is 0 Å². The summed E-state index contributed by atoms with van der Waals surface area (Å²) in [6.45, 7) is 3.69. The first kappa shape index (κ1) is 12.7. The van der Waals surface area contributed by atoms with Gasteiger partial charge in [0.15, 0.2) is 0 Å². The zero-order chi connectivity index (χ0) is 12.2. The summed E-state index contributed by atoms with van der Waals surface area (Å²) in [5.74, 6) is -1.54. The number of carbonyl (C=O) groups excluding carboxylic acids is 1. The van der Waals surface area contributed by atoms with E-state index in [1.165, 1.54) is 0 Å². The topological polar surface area (TPSA) is 63.6 Å². The number of rotatable bonds is 4. The first-order chi connectivity index (χ1) is 7.42. The van der Waals surface area contributed by atoms with Crippen LogP contribution in [0, 0.1) is 5.92 Å². The summed E-state index contributed by atoms with van der Waals surface area (Å²) in [5.41, 5.74) is -0.586. The van der Waals surface area contributed by atoms with E-state index in [0.717, 1.165) is 19.3 Å². The predicted molar refractivity (Wildman–Crippen MR) is 58.9 cm³/mol. The number of ether oxygens (including phenoxy) is 1. The summed E-state index contributed by atoms with van der Waals surface area (Å²) in [7, 11) is 0. The lowest BCUT2D eigenvalue weighted by atomic mass is 9.81. The molecule has 0 aromatic rings. The first-order valence-corrected chi connectivity index (χ1v) is 5.50. The summed E-state index contributed by atoms with van der Waals surface area (Å²) < 4.78 is 5.23.